The van der Waals surface area contributed by atoms with Crippen molar-refractivity contribution in [3.05, 3.63) is 35.9 Å². The maximum Gasteiger partial charge on any atom is 0.242 e. The van der Waals surface area contributed by atoms with Crippen molar-refractivity contribution in [3.63, 3.8) is 0 Å². The second kappa shape index (κ2) is 10.2. The second-order valence-electron chi connectivity index (χ2n) is 6.59. The molecule has 138 valence electrons. The molecule has 1 aliphatic rings. The molecule has 0 aromatic heterocycles. The summed E-state index contributed by atoms with van der Waals surface area (Å²) in [6, 6.07) is 10.4. The molecular formula is C19H29N3O3. The Morgan fingerprint density at radius 2 is 1.80 bits per heavy atom. The normalized spacial score (nSPS) is 15.4. The van der Waals surface area contributed by atoms with E-state index in [1.165, 1.54) is 5.56 Å². The summed E-state index contributed by atoms with van der Waals surface area (Å²) in [5.74, 6) is -0.158. The molecule has 25 heavy (non-hydrogen) atoms. The molecule has 1 N–H and O–H groups in total. The van der Waals surface area contributed by atoms with Crippen LogP contribution in [0.25, 0.3) is 0 Å². The predicted octanol–water partition coefficient (Wildman–Crippen LogP) is 1.26. The van der Waals surface area contributed by atoms with Crippen LogP contribution in [0.15, 0.2) is 30.3 Å². The number of hydrogen-bond acceptors (Lipinski definition) is 4. The summed E-state index contributed by atoms with van der Waals surface area (Å²) in [5, 5.41) is 2.68. The lowest BCUT2D eigenvalue weighted by Gasteiger charge is -2.34. The lowest BCUT2D eigenvalue weighted by atomic mass is 10.2. The van der Waals surface area contributed by atoms with Gasteiger partial charge in [-0.15, -0.1) is 0 Å². The van der Waals surface area contributed by atoms with Crippen LogP contribution in [0.4, 0.5) is 0 Å². The molecular weight excluding hydrogens is 318 g/mol. The number of carbonyl (C=O) groups excluding carboxylic acids is 2. The maximum atomic E-state index is 12.2. The maximum absolute atomic E-state index is 12.2. The standard InChI is InChI=1S/C19H29N3O3/c1-16(2)25-13-8-18(23)20-14-19(24)22-11-9-21(10-12-22)15-17-6-4-3-5-7-17/h3-7,16H,8-15H2,1-2H3,(H,20,23). The molecule has 1 aromatic carbocycles. The van der Waals surface area contributed by atoms with Crippen LogP contribution in [0.5, 0.6) is 0 Å². The number of ether oxygens (including phenoxy) is 1. The van der Waals surface area contributed by atoms with E-state index in [9.17, 15) is 9.59 Å². The highest BCUT2D eigenvalue weighted by Crippen LogP contribution is 2.08. The van der Waals surface area contributed by atoms with Crippen molar-refractivity contribution >= 4 is 11.8 Å². The van der Waals surface area contributed by atoms with E-state index in [1.54, 1.807) is 0 Å². The van der Waals surface area contributed by atoms with Crippen LogP contribution in [0.1, 0.15) is 25.8 Å². The van der Waals surface area contributed by atoms with Gasteiger partial charge in [-0.1, -0.05) is 30.3 Å². The lowest BCUT2D eigenvalue weighted by Crippen LogP contribution is -2.50. The van der Waals surface area contributed by atoms with Gasteiger partial charge >= 0.3 is 0 Å². The van der Waals surface area contributed by atoms with Crippen molar-refractivity contribution in [2.75, 3.05) is 39.3 Å². The van der Waals surface area contributed by atoms with Gasteiger partial charge in [-0.2, -0.15) is 0 Å². The van der Waals surface area contributed by atoms with E-state index in [2.05, 4.69) is 22.3 Å². The Morgan fingerprint density at radius 1 is 1.12 bits per heavy atom. The van der Waals surface area contributed by atoms with Crippen LogP contribution in [0, 0.1) is 0 Å². The molecule has 6 heteroatoms. The van der Waals surface area contributed by atoms with Crippen LogP contribution in [-0.2, 0) is 20.9 Å². The van der Waals surface area contributed by atoms with Gasteiger partial charge in [0.1, 0.15) is 0 Å². The van der Waals surface area contributed by atoms with E-state index in [0.717, 1.165) is 19.6 Å². The summed E-state index contributed by atoms with van der Waals surface area (Å²) < 4.78 is 5.33. The molecule has 1 fully saturated rings. The number of amides is 2. The molecule has 2 amide bonds. The van der Waals surface area contributed by atoms with Gasteiger partial charge in [-0.3, -0.25) is 14.5 Å². The van der Waals surface area contributed by atoms with E-state index in [1.807, 2.05) is 36.9 Å². The third-order valence-corrected chi connectivity index (χ3v) is 4.19. The first-order chi connectivity index (χ1) is 12.0. The SMILES string of the molecule is CC(C)OCCC(=O)NCC(=O)N1CCN(Cc2ccccc2)CC1. The van der Waals surface area contributed by atoms with E-state index in [4.69, 9.17) is 4.74 Å². The summed E-state index contributed by atoms with van der Waals surface area (Å²) in [4.78, 5) is 28.1. The van der Waals surface area contributed by atoms with Crippen LogP contribution in [0.2, 0.25) is 0 Å². The highest BCUT2D eigenvalue weighted by atomic mass is 16.5. The van der Waals surface area contributed by atoms with Gasteiger partial charge < -0.3 is 15.0 Å². The number of carbonyl (C=O) groups is 2. The fraction of sp³-hybridized carbons (Fsp3) is 0.579. The van der Waals surface area contributed by atoms with Crippen molar-refractivity contribution in [1.29, 1.82) is 0 Å². The highest BCUT2D eigenvalue weighted by Gasteiger charge is 2.21. The first-order valence-corrected chi connectivity index (χ1v) is 8.97. The van der Waals surface area contributed by atoms with Crippen molar-refractivity contribution in [3.8, 4) is 0 Å². The molecule has 1 aliphatic heterocycles. The number of nitrogens with one attached hydrogen (secondary N) is 1. The Morgan fingerprint density at radius 3 is 2.44 bits per heavy atom. The number of nitrogens with zero attached hydrogens (tertiary/aromatic N) is 2. The Kier molecular flexibility index (Phi) is 7.88. The summed E-state index contributed by atoms with van der Waals surface area (Å²) in [6.07, 6.45) is 0.401. The molecule has 0 atom stereocenters. The average molecular weight is 347 g/mol. The van der Waals surface area contributed by atoms with E-state index in [-0.39, 0.29) is 30.9 Å². The first kappa shape index (κ1) is 19.4. The Balaban J connectivity index is 1.63. The second-order valence-corrected chi connectivity index (χ2v) is 6.59. The van der Waals surface area contributed by atoms with E-state index >= 15 is 0 Å². The number of hydrogen-bond donors (Lipinski definition) is 1. The van der Waals surface area contributed by atoms with Gasteiger partial charge in [0.05, 0.1) is 19.3 Å². The summed E-state index contributed by atoms with van der Waals surface area (Å²) in [6.45, 7) is 8.35. The molecule has 0 radical (unpaired) electrons. The number of rotatable bonds is 8. The Labute approximate surface area is 150 Å². The fourth-order valence-electron chi connectivity index (χ4n) is 2.76. The van der Waals surface area contributed by atoms with Crippen LogP contribution >= 0.6 is 0 Å². The minimum atomic E-state index is -0.142. The topological polar surface area (TPSA) is 61.9 Å². The first-order valence-electron chi connectivity index (χ1n) is 8.97. The monoisotopic (exact) mass is 347 g/mol. The van der Waals surface area contributed by atoms with E-state index in [0.29, 0.717) is 19.7 Å². The molecule has 1 saturated heterocycles. The van der Waals surface area contributed by atoms with Gasteiger partial charge in [0, 0.05) is 39.1 Å². The zero-order valence-electron chi connectivity index (χ0n) is 15.2. The van der Waals surface area contributed by atoms with Gasteiger partial charge in [-0.05, 0) is 19.4 Å². The number of piperazine rings is 1. The fourth-order valence-corrected chi connectivity index (χ4v) is 2.76. The van der Waals surface area contributed by atoms with Crippen molar-refractivity contribution in [1.82, 2.24) is 15.1 Å². The summed E-state index contributed by atoms with van der Waals surface area (Å²) in [7, 11) is 0. The van der Waals surface area contributed by atoms with Crippen molar-refractivity contribution < 1.29 is 14.3 Å². The molecule has 0 aliphatic carbocycles. The van der Waals surface area contributed by atoms with Crippen LogP contribution < -0.4 is 5.32 Å². The molecule has 0 bridgehead atoms. The molecule has 0 unspecified atom stereocenters. The number of benzene rings is 1. The molecule has 0 spiro atoms. The molecule has 1 heterocycles. The van der Waals surface area contributed by atoms with Crippen molar-refractivity contribution in [2.45, 2.75) is 32.9 Å². The van der Waals surface area contributed by atoms with Gasteiger partial charge in [0.15, 0.2) is 0 Å². The largest absolute Gasteiger partial charge is 0.378 e. The quantitative estimate of drug-likeness (QED) is 0.769. The van der Waals surface area contributed by atoms with Gasteiger partial charge in [-0.25, -0.2) is 0 Å². The van der Waals surface area contributed by atoms with Crippen LogP contribution in [-0.4, -0.2) is 67.0 Å². The third kappa shape index (κ3) is 7.23. The highest BCUT2D eigenvalue weighted by molar-refractivity contribution is 5.84. The van der Waals surface area contributed by atoms with Gasteiger partial charge in [0.2, 0.25) is 11.8 Å². The third-order valence-electron chi connectivity index (χ3n) is 4.19. The zero-order chi connectivity index (χ0) is 18.1. The lowest BCUT2D eigenvalue weighted by molar-refractivity contribution is -0.134. The zero-order valence-corrected chi connectivity index (χ0v) is 15.2. The predicted molar refractivity (Wildman–Crippen MR) is 97.0 cm³/mol. The molecule has 1 aromatic rings. The van der Waals surface area contributed by atoms with Crippen LogP contribution in [0.3, 0.4) is 0 Å². The molecule has 6 nitrogen and oxygen atoms in total. The smallest absolute Gasteiger partial charge is 0.242 e. The average Bonchev–Trinajstić information content (AvgIpc) is 2.61. The molecule has 2 rings (SSSR count). The minimum Gasteiger partial charge on any atom is -0.378 e. The van der Waals surface area contributed by atoms with E-state index < -0.39 is 0 Å². The minimum absolute atomic E-state index is 0.0162. The summed E-state index contributed by atoms with van der Waals surface area (Å²) in [5.41, 5.74) is 1.29. The Bertz CT molecular complexity index is 540. The summed E-state index contributed by atoms with van der Waals surface area (Å²) >= 11 is 0. The van der Waals surface area contributed by atoms with Gasteiger partial charge in [0.25, 0.3) is 0 Å². The molecule has 0 saturated carbocycles. The Hall–Kier alpha value is -1.92. The van der Waals surface area contributed by atoms with Crippen molar-refractivity contribution in [2.24, 2.45) is 0 Å².